The zero-order valence-corrected chi connectivity index (χ0v) is 19.8. The smallest absolute Gasteiger partial charge is 0.238 e. The third-order valence-electron chi connectivity index (χ3n) is 4.43. The molecule has 0 heterocycles. The minimum Gasteiger partial charge on any atom is -0.744 e. The number of nitrogens with one attached hydrogen (secondary N) is 1. The number of primary sulfonamides is 1. The van der Waals surface area contributed by atoms with Crippen molar-refractivity contribution >= 4 is 64.0 Å². The summed E-state index contributed by atoms with van der Waals surface area (Å²) in [6.07, 6.45) is 0. The van der Waals surface area contributed by atoms with Crippen molar-refractivity contribution < 1.29 is 44.3 Å². The number of hydrogen-bond acceptors (Lipinski definition) is 12. The fraction of sp³-hybridized carbons (Fsp3) is 0.0556. The molecule has 1 amide bonds. The summed E-state index contributed by atoms with van der Waals surface area (Å²) < 4.78 is 93.0. The first-order valence-electron chi connectivity index (χ1n) is 9.06. The van der Waals surface area contributed by atoms with Crippen LogP contribution in [-0.2, 0) is 35.1 Å². The summed E-state index contributed by atoms with van der Waals surface area (Å²) in [6, 6.07) is 6.74. The molecule has 0 radical (unpaired) electrons. The lowest BCUT2D eigenvalue weighted by atomic mass is 10.1. The number of hydrogen-bond donors (Lipinski definition) is 3. The topological polar surface area (TPSA) is 249 Å². The minimum absolute atomic E-state index is 0.0159. The Bertz CT molecular complexity index is 1710. The van der Waals surface area contributed by atoms with Crippen LogP contribution in [0.15, 0.2) is 67.4 Å². The SMILES string of the molecule is CC(=O)Nc1cc2c(O)c(N=Nc3ccc(S(N)(=O)=O)cc3)c(S(=O)(=O)[O-])cc2cc1S(=O)(=O)[O-]. The molecule has 0 unspecified atom stereocenters. The van der Waals surface area contributed by atoms with Crippen molar-refractivity contribution in [3.63, 3.8) is 0 Å². The molecule has 35 heavy (non-hydrogen) atoms. The molecule has 0 atom stereocenters. The predicted molar refractivity (Wildman–Crippen MR) is 118 cm³/mol. The molecule has 0 fully saturated rings. The van der Waals surface area contributed by atoms with E-state index in [-0.39, 0.29) is 21.4 Å². The highest BCUT2D eigenvalue weighted by molar-refractivity contribution is 7.89. The second kappa shape index (κ2) is 8.95. The quantitative estimate of drug-likeness (QED) is 0.298. The van der Waals surface area contributed by atoms with Crippen LogP contribution < -0.4 is 10.5 Å². The highest BCUT2D eigenvalue weighted by atomic mass is 32.2. The normalized spacial score (nSPS) is 12.8. The Kier molecular flexibility index (Phi) is 6.68. The molecule has 0 bridgehead atoms. The standard InChI is InChI=1S/C18H16N4O10S3/c1-9(23)20-14-8-13-10(6-15(14)34(27,28)29)7-16(35(30,31)32)17(18(13)24)22-21-11-2-4-12(5-3-11)33(19,25)26/h2-8,24H,1H3,(H,20,23)(H2,19,25,26)(H,27,28,29)(H,30,31,32)/p-2. The van der Waals surface area contributed by atoms with Crippen molar-refractivity contribution in [3.05, 3.63) is 42.5 Å². The largest absolute Gasteiger partial charge is 0.744 e. The maximum absolute atomic E-state index is 11.8. The Labute approximate surface area is 198 Å². The van der Waals surface area contributed by atoms with E-state index in [1.807, 2.05) is 0 Å². The van der Waals surface area contributed by atoms with Crippen LogP contribution in [-0.4, -0.2) is 45.4 Å². The highest BCUT2D eigenvalue weighted by Crippen LogP contribution is 2.43. The van der Waals surface area contributed by atoms with E-state index in [4.69, 9.17) is 5.14 Å². The van der Waals surface area contributed by atoms with Crippen LogP contribution in [0.3, 0.4) is 0 Å². The van der Waals surface area contributed by atoms with Crippen molar-refractivity contribution in [1.29, 1.82) is 0 Å². The van der Waals surface area contributed by atoms with E-state index in [0.29, 0.717) is 12.1 Å². The molecule has 0 aliphatic carbocycles. The first kappa shape index (κ1) is 26.1. The Hall–Kier alpha value is -3.48. The molecule has 186 valence electrons. The molecule has 0 aromatic heterocycles. The van der Waals surface area contributed by atoms with E-state index in [2.05, 4.69) is 15.5 Å². The molecular weight excluding hydrogens is 528 g/mol. The number of azo groups is 1. The number of phenols is 1. The minimum atomic E-state index is -5.31. The van der Waals surface area contributed by atoms with Gasteiger partial charge in [-0.1, -0.05) is 0 Å². The number of amides is 1. The number of carbonyl (C=O) groups excluding carboxylic acids is 1. The number of benzene rings is 3. The molecule has 0 aliphatic rings. The van der Waals surface area contributed by atoms with E-state index < -0.39 is 63.1 Å². The van der Waals surface area contributed by atoms with Crippen LogP contribution in [0.2, 0.25) is 0 Å². The van der Waals surface area contributed by atoms with Gasteiger partial charge in [-0.25, -0.2) is 30.4 Å². The van der Waals surface area contributed by atoms with Crippen LogP contribution in [0.4, 0.5) is 17.1 Å². The molecule has 14 nitrogen and oxygen atoms in total. The maximum Gasteiger partial charge on any atom is 0.238 e. The molecule has 17 heteroatoms. The highest BCUT2D eigenvalue weighted by Gasteiger charge is 2.21. The molecular formula is C18H14N4O10S3-2. The van der Waals surface area contributed by atoms with Gasteiger partial charge in [0.1, 0.15) is 25.9 Å². The average molecular weight is 543 g/mol. The van der Waals surface area contributed by atoms with E-state index >= 15 is 0 Å². The second-order valence-electron chi connectivity index (χ2n) is 6.97. The third-order valence-corrected chi connectivity index (χ3v) is 7.09. The Morgan fingerprint density at radius 1 is 0.914 bits per heavy atom. The molecule has 0 spiro atoms. The summed E-state index contributed by atoms with van der Waals surface area (Å²) in [6.45, 7) is 1.03. The van der Waals surface area contributed by atoms with Gasteiger partial charge in [0.15, 0.2) is 5.75 Å². The summed E-state index contributed by atoms with van der Waals surface area (Å²) in [5, 5.41) is 24.5. The monoisotopic (exact) mass is 542 g/mol. The van der Waals surface area contributed by atoms with Crippen molar-refractivity contribution in [2.24, 2.45) is 15.4 Å². The number of aromatic hydroxyl groups is 1. The van der Waals surface area contributed by atoms with Crippen molar-refractivity contribution in [2.45, 2.75) is 21.6 Å². The zero-order valence-electron chi connectivity index (χ0n) is 17.4. The molecule has 4 N–H and O–H groups in total. The first-order chi connectivity index (χ1) is 16.0. The van der Waals surface area contributed by atoms with E-state index in [1.165, 1.54) is 0 Å². The number of rotatable bonds is 6. The summed E-state index contributed by atoms with van der Waals surface area (Å²) in [7, 11) is -14.5. The average Bonchev–Trinajstić information content (AvgIpc) is 2.70. The van der Waals surface area contributed by atoms with Gasteiger partial charge in [-0.05, 0) is 47.9 Å². The fourth-order valence-electron chi connectivity index (χ4n) is 2.97. The summed E-state index contributed by atoms with van der Waals surface area (Å²) >= 11 is 0. The summed E-state index contributed by atoms with van der Waals surface area (Å²) in [5.41, 5.74) is -1.35. The lowest BCUT2D eigenvalue weighted by Crippen LogP contribution is -2.11. The molecule has 0 aliphatic heterocycles. The van der Waals surface area contributed by atoms with E-state index in [1.54, 1.807) is 0 Å². The van der Waals surface area contributed by atoms with Gasteiger partial charge in [0.25, 0.3) is 0 Å². The van der Waals surface area contributed by atoms with Crippen LogP contribution in [0, 0.1) is 0 Å². The lowest BCUT2D eigenvalue weighted by Gasteiger charge is -2.17. The number of nitrogens with two attached hydrogens (primary N) is 1. The van der Waals surface area contributed by atoms with Gasteiger partial charge in [-0.2, -0.15) is 5.11 Å². The van der Waals surface area contributed by atoms with Crippen molar-refractivity contribution in [2.75, 3.05) is 5.32 Å². The van der Waals surface area contributed by atoms with Crippen LogP contribution in [0.5, 0.6) is 5.75 Å². The number of nitrogens with zero attached hydrogens (tertiary/aromatic N) is 2. The first-order valence-corrected chi connectivity index (χ1v) is 13.4. The van der Waals surface area contributed by atoms with E-state index in [9.17, 15) is 44.3 Å². The number of carbonyl (C=O) groups is 1. The maximum atomic E-state index is 11.8. The molecule has 0 saturated heterocycles. The number of phenolic OH excluding ortho intramolecular Hbond substituents is 1. The molecule has 3 aromatic rings. The molecule has 3 aromatic carbocycles. The van der Waals surface area contributed by atoms with Gasteiger partial charge in [0.2, 0.25) is 15.9 Å². The van der Waals surface area contributed by atoms with Crippen molar-refractivity contribution in [3.8, 4) is 5.75 Å². The van der Waals surface area contributed by atoms with Gasteiger partial charge in [-0.15, -0.1) is 5.11 Å². The van der Waals surface area contributed by atoms with Crippen LogP contribution >= 0.6 is 0 Å². The summed E-state index contributed by atoms with van der Waals surface area (Å²) in [5.74, 6) is -1.68. The van der Waals surface area contributed by atoms with Gasteiger partial charge < -0.3 is 19.5 Å². The Balaban J connectivity index is 2.28. The van der Waals surface area contributed by atoms with Crippen LogP contribution in [0.25, 0.3) is 10.8 Å². The third kappa shape index (κ3) is 5.78. The predicted octanol–water partition coefficient (Wildman–Crippen LogP) is 1.37. The zero-order chi connectivity index (χ0) is 26.3. The molecule has 3 rings (SSSR count). The van der Waals surface area contributed by atoms with Crippen LogP contribution in [0.1, 0.15) is 6.92 Å². The Morgan fingerprint density at radius 2 is 1.46 bits per heavy atom. The van der Waals surface area contributed by atoms with Crippen molar-refractivity contribution in [1.82, 2.24) is 0 Å². The van der Waals surface area contributed by atoms with Gasteiger partial charge >= 0.3 is 0 Å². The lowest BCUT2D eigenvalue weighted by molar-refractivity contribution is -0.114. The van der Waals surface area contributed by atoms with Gasteiger partial charge in [0.05, 0.1) is 26.1 Å². The van der Waals surface area contributed by atoms with E-state index in [0.717, 1.165) is 37.3 Å². The number of sulfonamides is 1. The summed E-state index contributed by atoms with van der Waals surface area (Å²) in [4.78, 5) is 9.17. The fourth-order valence-corrected chi connectivity index (χ4v) is 4.78. The second-order valence-corrected chi connectivity index (χ2v) is 11.2. The number of anilines is 1. The van der Waals surface area contributed by atoms with Gasteiger partial charge in [-0.3, -0.25) is 4.79 Å². The number of fused-ring (bicyclic) bond motifs is 1. The molecule has 0 saturated carbocycles. The van der Waals surface area contributed by atoms with Gasteiger partial charge in [0, 0.05) is 12.3 Å². The Morgan fingerprint density at radius 3 is 1.94 bits per heavy atom.